The molecule has 0 rings (SSSR count). The van der Waals surface area contributed by atoms with Gasteiger partial charge in [-0.15, -0.1) is 0 Å². The van der Waals surface area contributed by atoms with Gasteiger partial charge in [0.25, 0.3) is 10.2 Å². The van der Waals surface area contributed by atoms with Gasteiger partial charge in [0.05, 0.1) is 0 Å². The molecule has 0 fully saturated rings. The molecule has 92 valence electrons. The minimum Gasteiger partial charge on any atom is -0.329 e. The van der Waals surface area contributed by atoms with Crippen LogP contribution >= 0.6 is 0 Å². The fourth-order valence-electron chi connectivity index (χ4n) is 1.86. The van der Waals surface area contributed by atoms with Gasteiger partial charge < -0.3 is 5.73 Å². The molecule has 0 aromatic heterocycles. The summed E-state index contributed by atoms with van der Waals surface area (Å²) in [6.07, 6.45) is 1.43. The number of hydrogen-bond acceptors (Lipinski definition) is 3. The highest BCUT2D eigenvalue weighted by Crippen LogP contribution is 2.24. The first-order valence-corrected chi connectivity index (χ1v) is 6.79. The fourth-order valence-corrected chi connectivity index (χ4v) is 3.27. The summed E-state index contributed by atoms with van der Waals surface area (Å²) in [5.74, 6) is 0. The summed E-state index contributed by atoms with van der Waals surface area (Å²) in [5.41, 5.74) is 5.26. The molecule has 0 atom stereocenters. The lowest BCUT2D eigenvalue weighted by molar-refractivity contribution is 0.183. The van der Waals surface area contributed by atoms with Crippen molar-refractivity contribution in [1.82, 2.24) is 9.03 Å². The quantitative estimate of drug-likeness (QED) is 0.668. The second-order valence-corrected chi connectivity index (χ2v) is 5.31. The first-order chi connectivity index (χ1) is 6.94. The van der Waals surface area contributed by atoms with Crippen LogP contribution in [0.15, 0.2) is 0 Å². The lowest BCUT2D eigenvalue weighted by atomic mass is 9.93. The van der Waals surface area contributed by atoms with E-state index in [9.17, 15) is 8.42 Å². The van der Waals surface area contributed by atoms with Crippen molar-refractivity contribution in [3.05, 3.63) is 0 Å². The van der Waals surface area contributed by atoms with Gasteiger partial charge in [0.2, 0.25) is 0 Å². The number of hydrogen-bond donors (Lipinski definition) is 2. The Bertz CT molecular complexity index is 265. The van der Waals surface area contributed by atoms with Crippen molar-refractivity contribution in [2.24, 2.45) is 5.73 Å². The monoisotopic (exact) mass is 237 g/mol. The highest BCUT2D eigenvalue weighted by Gasteiger charge is 2.38. The average molecular weight is 237 g/mol. The second kappa shape index (κ2) is 5.79. The summed E-state index contributed by atoms with van der Waals surface area (Å²) in [7, 11) is -1.98. The van der Waals surface area contributed by atoms with Crippen molar-refractivity contribution < 1.29 is 8.42 Å². The molecule has 0 aliphatic rings. The van der Waals surface area contributed by atoms with E-state index < -0.39 is 15.7 Å². The molecule has 0 radical (unpaired) electrons. The molecular weight excluding hydrogens is 214 g/mol. The third-order valence-electron chi connectivity index (χ3n) is 3.06. The van der Waals surface area contributed by atoms with Crippen LogP contribution in [0.2, 0.25) is 0 Å². The molecule has 0 saturated carbocycles. The number of likely N-dealkylation sites (N-methyl/N-ethyl adjacent to an activating group) is 1. The molecule has 0 spiro atoms. The maximum Gasteiger partial charge on any atom is 0.279 e. The summed E-state index contributed by atoms with van der Waals surface area (Å²) in [4.78, 5) is 0. The van der Waals surface area contributed by atoms with Crippen LogP contribution in [0.5, 0.6) is 0 Å². The number of nitrogens with two attached hydrogens (primary N) is 1. The summed E-state index contributed by atoms with van der Waals surface area (Å²) >= 11 is 0. The average Bonchev–Trinajstić information content (AvgIpc) is 2.25. The van der Waals surface area contributed by atoms with E-state index in [4.69, 9.17) is 5.73 Å². The maximum absolute atomic E-state index is 11.8. The van der Waals surface area contributed by atoms with Crippen LogP contribution in [-0.2, 0) is 10.2 Å². The van der Waals surface area contributed by atoms with E-state index in [2.05, 4.69) is 4.72 Å². The lowest BCUT2D eigenvalue weighted by Crippen LogP contribution is -2.57. The Balaban J connectivity index is 5.25. The van der Waals surface area contributed by atoms with Crippen LogP contribution in [0.25, 0.3) is 0 Å². The van der Waals surface area contributed by atoms with Crippen molar-refractivity contribution in [2.75, 3.05) is 20.1 Å². The predicted octanol–water partition coefficient (Wildman–Crippen LogP) is 0.290. The van der Waals surface area contributed by atoms with Gasteiger partial charge in [-0.25, -0.2) is 4.72 Å². The van der Waals surface area contributed by atoms with Crippen LogP contribution in [0, 0.1) is 0 Å². The zero-order chi connectivity index (χ0) is 12.1. The van der Waals surface area contributed by atoms with Gasteiger partial charge in [0, 0.05) is 25.7 Å². The molecule has 0 aromatic rings. The predicted molar refractivity (Wildman–Crippen MR) is 62.7 cm³/mol. The van der Waals surface area contributed by atoms with E-state index in [0.717, 1.165) is 12.8 Å². The molecule has 3 N–H and O–H groups in total. The van der Waals surface area contributed by atoms with E-state index in [-0.39, 0.29) is 0 Å². The molecule has 0 aromatic carbocycles. The molecule has 0 unspecified atom stereocenters. The van der Waals surface area contributed by atoms with E-state index in [1.54, 1.807) is 0 Å². The molecular formula is C9H23N3O2S. The Morgan fingerprint density at radius 3 is 1.93 bits per heavy atom. The van der Waals surface area contributed by atoms with Crippen molar-refractivity contribution in [2.45, 2.75) is 39.2 Å². The van der Waals surface area contributed by atoms with Crippen molar-refractivity contribution in [1.29, 1.82) is 0 Å². The number of rotatable bonds is 7. The topological polar surface area (TPSA) is 75.4 Å². The Labute approximate surface area is 93.2 Å². The standard InChI is InChI=1S/C9H23N3O2S/c1-5-9(6-2,8-10)12(7-3)15(13,14)11-4/h11H,5-8,10H2,1-4H3. The normalized spacial score (nSPS) is 13.5. The second-order valence-electron chi connectivity index (χ2n) is 3.51. The maximum atomic E-state index is 11.8. The first kappa shape index (κ1) is 14.8. The molecule has 0 saturated heterocycles. The van der Waals surface area contributed by atoms with Gasteiger partial charge in [-0.05, 0) is 12.8 Å². The fraction of sp³-hybridized carbons (Fsp3) is 1.00. The van der Waals surface area contributed by atoms with E-state index in [0.29, 0.717) is 13.1 Å². The molecule has 15 heavy (non-hydrogen) atoms. The van der Waals surface area contributed by atoms with Crippen LogP contribution < -0.4 is 10.5 Å². The zero-order valence-electron chi connectivity index (χ0n) is 10.1. The molecule has 0 bridgehead atoms. The molecule has 6 heteroatoms. The Kier molecular flexibility index (Phi) is 5.72. The summed E-state index contributed by atoms with van der Waals surface area (Å²) in [6.45, 7) is 6.52. The molecule has 5 nitrogen and oxygen atoms in total. The highest BCUT2D eigenvalue weighted by atomic mass is 32.2. The Morgan fingerprint density at radius 2 is 1.73 bits per heavy atom. The zero-order valence-corrected chi connectivity index (χ0v) is 10.9. The van der Waals surface area contributed by atoms with Gasteiger partial charge >= 0.3 is 0 Å². The minimum absolute atomic E-state index is 0.342. The smallest absolute Gasteiger partial charge is 0.279 e. The molecule has 0 heterocycles. The van der Waals surface area contributed by atoms with Crippen LogP contribution in [0.1, 0.15) is 33.6 Å². The highest BCUT2D eigenvalue weighted by molar-refractivity contribution is 7.87. The van der Waals surface area contributed by atoms with E-state index >= 15 is 0 Å². The van der Waals surface area contributed by atoms with Gasteiger partial charge in [0.15, 0.2) is 0 Å². The van der Waals surface area contributed by atoms with Crippen LogP contribution in [-0.4, -0.2) is 38.4 Å². The van der Waals surface area contributed by atoms with Crippen molar-refractivity contribution in [3.8, 4) is 0 Å². The molecule has 0 aliphatic heterocycles. The Morgan fingerprint density at radius 1 is 1.27 bits per heavy atom. The van der Waals surface area contributed by atoms with Crippen molar-refractivity contribution in [3.63, 3.8) is 0 Å². The van der Waals surface area contributed by atoms with Crippen LogP contribution in [0.4, 0.5) is 0 Å². The van der Waals surface area contributed by atoms with Gasteiger partial charge in [-0.3, -0.25) is 0 Å². The van der Waals surface area contributed by atoms with Gasteiger partial charge in [-0.1, -0.05) is 20.8 Å². The largest absolute Gasteiger partial charge is 0.329 e. The lowest BCUT2D eigenvalue weighted by Gasteiger charge is -2.40. The third-order valence-corrected chi connectivity index (χ3v) is 4.80. The van der Waals surface area contributed by atoms with E-state index in [1.807, 2.05) is 20.8 Å². The Hall–Kier alpha value is -0.170. The first-order valence-electron chi connectivity index (χ1n) is 5.35. The number of nitrogens with one attached hydrogen (secondary N) is 1. The SMILES string of the molecule is CCN(C(CC)(CC)CN)S(=O)(=O)NC. The van der Waals surface area contributed by atoms with E-state index in [1.165, 1.54) is 11.4 Å². The van der Waals surface area contributed by atoms with Gasteiger partial charge in [0.1, 0.15) is 0 Å². The summed E-state index contributed by atoms with van der Waals surface area (Å²) in [6, 6.07) is 0. The minimum atomic E-state index is -3.40. The summed E-state index contributed by atoms with van der Waals surface area (Å²) < 4.78 is 27.4. The third kappa shape index (κ3) is 2.90. The molecule has 0 aliphatic carbocycles. The molecule has 0 amide bonds. The van der Waals surface area contributed by atoms with Crippen LogP contribution in [0.3, 0.4) is 0 Å². The summed E-state index contributed by atoms with van der Waals surface area (Å²) in [5, 5.41) is 0. The number of nitrogens with zero attached hydrogens (tertiary/aromatic N) is 1. The van der Waals surface area contributed by atoms with Crippen molar-refractivity contribution >= 4 is 10.2 Å². The van der Waals surface area contributed by atoms with Gasteiger partial charge in [-0.2, -0.15) is 12.7 Å².